The first-order chi connectivity index (χ1) is 20.9. The van der Waals surface area contributed by atoms with Gasteiger partial charge in [-0.15, -0.1) is 0 Å². The third-order valence-corrected chi connectivity index (χ3v) is 9.02. The number of rotatable bonds is 2. The van der Waals surface area contributed by atoms with Crippen LogP contribution < -0.4 is 29.9 Å². The van der Waals surface area contributed by atoms with Crippen LogP contribution in [0, 0.1) is 17.5 Å². The standard InChI is InChI=1S/C34H31F3N2O3.CO2/c1-16-14-33(3,4)38(7)24-12-26-20(9-18(16)24)28(29-22(35)11-23(36)31(37)30(29)32(40)41)21-10-19-17(2)15-34(5,6)39(8)25(19)13-27(21)42-26;2-1-3/h9-15H,1-8H3;. The summed E-state index contributed by atoms with van der Waals surface area (Å²) in [5.41, 5.74) is 2.51. The number of benzene rings is 3. The van der Waals surface area contributed by atoms with Gasteiger partial charge in [-0.2, -0.15) is 9.59 Å². The molecule has 0 aliphatic carbocycles. The lowest BCUT2D eigenvalue weighted by atomic mass is 9.83. The molecule has 0 spiro atoms. The van der Waals surface area contributed by atoms with Crippen LogP contribution in [0.3, 0.4) is 0 Å². The van der Waals surface area contributed by atoms with Gasteiger partial charge in [0.05, 0.1) is 17.6 Å². The highest BCUT2D eigenvalue weighted by molar-refractivity contribution is 5.99. The first kappa shape index (κ1) is 31.5. The zero-order chi connectivity index (χ0) is 33.3. The van der Waals surface area contributed by atoms with E-state index in [1.54, 1.807) is 12.1 Å². The zero-order valence-corrected chi connectivity index (χ0v) is 26.1. The van der Waals surface area contributed by atoms with Crippen molar-refractivity contribution in [2.24, 2.45) is 0 Å². The Morgan fingerprint density at radius 3 is 2.13 bits per heavy atom. The maximum absolute atomic E-state index is 15.8. The quantitative estimate of drug-likeness (QED) is 0.248. The van der Waals surface area contributed by atoms with E-state index in [1.165, 1.54) is 0 Å². The molecule has 0 saturated heterocycles. The third-order valence-electron chi connectivity index (χ3n) is 9.02. The first-order valence-electron chi connectivity index (χ1n) is 14.1. The van der Waals surface area contributed by atoms with E-state index in [9.17, 15) is 14.3 Å². The molecule has 0 unspecified atom stereocenters. The normalized spacial score (nSPS) is 16.8. The van der Waals surface area contributed by atoms with Crippen molar-refractivity contribution in [3.8, 4) is 11.5 Å². The van der Waals surface area contributed by atoms with Gasteiger partial charge in [0.2, 0.25) is 5.36 Å². The number of anilines is 1. The summed E-state index contributed by atoms with van der Waals surface area (Å²) in [5, 5.41) is 13.5. The van der Waals surface area contributed by atoms with Gasteiger partial charge in [0, 0.05) is 77.3 Å². The van der Waals surface area contributed by atoms with Crippen molar-refractivity contribution in [1.82, 2.24) is 4.58 Å². The molecule has 0 bridgehead atoms. The number of carbonyl (C=O) groups excluding carboxylic acids is 3. The van der Waals surface area contributed by atoms with Crippen molar-refractivity contribution in [3.63, 3.8) is 0 Å². The lowest BCUT2D eigenvalue weighted by Gasteiger charge is -2.41. The van der Waals surface area contributed by atoms with Crippen molar-refractivity contribution >= 4 is 34.5 Å². The van der Waals surface area contributed by atoms with Gasteiger partial charge in [-0.1, -0.05) is 6.08 Å². The number of ether oxygens (including phenoxy) is 1. The van der Waals surface area contributed by atoms with Crippen LogP contribution in [0.25, 0.3) is 16.7 Å². The molecule has 6 rings (SSSR count). The highest BCUT2D eigenvalue weighted by atomic mass is 19.2. The first-order valence-corrected chi connectivity index (χ1v) is 14.1. The number of hydrogen-bond acceptors (Lipinski definition) is 6. The smallest absolute Gasteiger partial charge is 0.373 e. The fourth-order valence-corrected chi connectivity index (χ4v) is 6.48. The number of carbonyl (C=O) groups is 1. The Morgan fingerprint density at radius 2 is 1.51 bits per heavy atom. The number of carboxylic acids is 1. The minimum absolute atomic E-state index is 0.0908. The molecule has 0 amide bonds. The molecular formula is C35H31F3N2O5. The molecular weight excluding hydrogens is 585 g/mol. The van der Waals surface area contributed by atoms with Crippen LogP contribution in [0.15, 0.2) is 42.5 Å². The molecule has 10 heteroatoms. The summed E-state index contributed by atoms with van der Waals surface area (Å²) in [4.78, 5) is 30.6. The monoisotopic (exact) mass is 616 g/mol. The molecule has 3 aromatic carbocycles. The van der Waals surface area contributed by atoms with Gasteiger partial charge in [0.25, 0.3) is 0 Å². The predicted molar refractivity (Wildman–Crippen MR) is 160 cm³/mol. The van der Waals surface area contributed by atoms with Crippen LogP contribution in [-0.2, 0) is 9.59 Å². The Hall–Kier alpha value is -4.95. The van der Waals surface area contributed by atoms with E-state index in [0.29, 0.717) is 28.3 Å². The van der Waals surface area contributed by atoms with Gasteiger partial charge in [0.15, 0.2) is 17.2 Å². The number of hydrogen-bond donors (Lipinski definition) is 0. The average molecular weight is 617 g/mol. The molecule has 0 saturated carbocycles. The molecule has 232 valence electrons. The van der Waals surface area contributed by atoms with E-state index >= 15 is 8.78 Å². The van der Waals surface area contributed by atoms with Gasteiger partial charge < -0.3 is 19.5 Å². The highest BCUT2D eigenvalue weighted by Crippen LogP contribution is 2.46. The molecule has 0 atom stereocenters. The molecule has 3 aliphatic heterocycles. The minimum atomic E-state index is -2.02. The second-order valence-electron chi connectivity index (χ2n) is 12.6. The summed E-state index contributed by atoms with van der Waals surface area (Å²) in [6.45, 7) is 12.2. The van der Waals surface area contributed by atoms with E-state index in [0.717, 1.165) is 33.3 Å². The Bertz CT molecular complexity index is 2070. The summed E-state index contributed by atoms with van der Waals surface area (Å²) in [7, 11) is 3.92. The molecule has 0 fully saturated rings. The fourth-order valence-electron chi connectivity index (χ4n) is 6.48. The molecule has 3 aliphatic rings. The second-order valence-corrected chi connectivity index (χ2v) is 12.6. The van der Waals surface area contributed by atoms with Crippen molar-refractivity contribution in [2.75, 3.05) is 19.0 Å². The maximum Gasteiger partial charge on any atom is 0.373 e. The number of nitrogens with zero attached hydrogens (tertiary/aromatic N) is 2. The van der Waals surface area contributed by atoms with Crippen molar-refractivity contribution in [3.05, 3.63) is 98.3 Å². The van der Waals surface area contributed by atoms with Crippen LogP contribution >= 0.6 is 0 Å². The number of likely N-dealkylation sites (N-methyl/N-ethyl adjacent to an activating group) is 2. The number of carboxylic acid groups (broad SMARTS) is 1. The Balaban J connectivity index is 0.00000128. The predicted octanol–water partition coefficient (Wildman–Crippen LogP) is 4.19. The van der Waals surface area contributed by atoms with Crippen LogP contribution in [-0.4, -0.2) is 37.3 Å². The summed E-state index contributed by atoms with van der Waals surface area (Å²) < 4.78 is 53.8. The zero-order valence-electron chi connectivity index (χ0n) is 26.1. The minimum Gasteiger partial charge on any atom is -0.545 e. The molecule has 3 aromatic rings. The van der Waals surface area contributed by atoms with E-state index in [1.807, 2.05) is 40.1 Å². The summed E-state index contributed by atoms with van der Waals surface area (Å²) in [5.74, 6) is -5.84. The largest absolute Gasteiger partial charge is 0.545 e. The summed E-state index contributed by atoms with van der Waals surface area (Å²) in [6, 6.07) is 7.65. The number of halogens is 3. The van der Waals surface area contributed by atoms with Gasteiger partial charge in [-0.05, 0) is 57.0 Å². The van der Waals surface area contributed by atoms with Gasteiger partial charge in [0.1, 0.15) is 24.4 Å². The van der Waals surface area contributed by atoms with E-state index < -0.39 is 34.5 Å². The van der Waals surface area contributed by atoms with Crippen LogP contribution in [0.2, 0.25) is 0 Å². The Kier molecular flexibility index (Phi) is 7.41. The lowest BCUT2D eigenvalue weighted by molar-refractivity contribution is -0.255. The second kappa shape index (κ2) is 10.6. The molecule has 0 N–H and O–H groups in total. The van der Waals surface area contributed by atoms with E-state index in [4.69, 9.17) is 14.3 Å². The number of allylic oxidation sites excluding steroid dienone is 2. The summed E-state index contributed by atoms with van der Waals surface area (Å²) >= 11 is 0. The van der Waals surface area contributed by atoms with Crippen molar-refractivity contribution in [1.29, 1.82) is 0 Å². The molecule has 45 heavy (non-hydrogen) atoms. The average Bonchev–Trinajstić information content (AvgIpc) is 2.94. The van der Waals surface area contributed by atoms with Crippen LogP contribution in [0.4, 0.5) is 18.9 Å². The van der Waals surface area contributed by atoms with Crippen LogP contribution in [0.5, 0.6) is 11.5 Å². The Labute approximate surface area is 257 Å². The Morgan fingerprint density at radius 1 is 0.889 bits per heavy atom. The third kappa shape index (κ3) is 4.86. The lowest BCUT2D eigenvalue weighted by Crippen LogP contribution is -2.47. The van der Waals surface area contributed by atoms with Crippen LogP contribution in [0.1, 0.15) is 74.2 Å². The molecule has 7 nitrogen and oxygen atoms in total. The molecule has 0 aromatic heterocycles. The van der Waals surface area contributed by atoms with Gasteiger partial charge in [-0.3, -0.25) is 0 Å². The van der Waals surface area contributed by atoms with E-state index in [2.05, 4.69) is 49.3 Å². The summed E-state index contributed by atoms with van der Waals surface area (Å²) in [6.07, 6.45) is 4.46. The highest BCUT2D eigenvalue weighted by Gasteiger charge is 2.36. The van der Waals surface area contributed by atoms with Crippen molar-refractivity contribution < 1.29 is 37.4 Å². The topological polar surface area (TPSA) is 89.8 Å². The van der Waals surface area contributed by atoms with Gasteiger partial charge >= 0.3 is 6.15 Å². The maximum atomic E-state index is 15.8. The SMILES string of the molecule is CC1=CC(C)(C)N(C)c2cc3c(cc21)C(c1c(F)cc(F)c(F)c1C(=O)[O-])=c1cc2c(cc1O3)=[N+](C)C(C)(C)C=C2C.O=C=O. The van der Waals surface area contributed by atoms with Gasteiger partial charge in [-0.25, -0.2) is 17.7 Å². The molecule has 0 radical (unpaired) electrons. The van der Waals surface area contributed by atoms with Crippen molar-refractivity contribution in [2.45, 2.75) is 52.6 Å². The number of aromatic carboxylic acids is 1. The number of fused-ring (bicyclic) bond motifs is 4. The van der Waals surface area contributed by atoms with E-state index in [-0.39, 0.29) is 22.8 Å². The fraction of sp³-hybridized carbons (Fsp3) is 0.286. The molecule has 3 heterocycles.